The minimum absolute atomic E-state index is 0.0407. The number of phenolic OH excluding ortho intramolecular Hbond substituents is 1. The number of Topliss-reactive ketones (excluding diaryl/α,β-unsaturated/α-hetero) is 1. The lowest BCUT2D eigenvalue weighted by molar-refractivity contribution is -0.134. The number of benzene rings is 3. The second-order valence-electron chi connectivity index (χ2n) is 8.47. The lowest BCUT2D eigenvalue weighted by Gasteiger charge is -2.21. The van der Waals surface area contributed by atoms with Crippen LogP contribution in [0.2, 0.25) is 0 Å². The normalized spacial score (nSPS) is 14.7. The quantitative estimate of drug-likeness (QED) is 0.189. The highest BCUT2D eigenvalue weighted by molar-refractivity contribution is 6.32. The molecule has 176 valence electrons. The van der Waals surface area contributed by atoms with Crippen LogP contribution < -0.4 is 10.2 Å². The van der Waals surface area contributed by atoms with Crippen LogP contribution in [0.25, 0.3) is 6.08 Å². The molecule has 0 spiro atoms. The first-order valence-corrected chi connectivity index (χ1v) is 11.1. The van der Waals surface area contributed by atoms with Crippen LogP contribution in [-0.4, -0.2) is 35.5 Å². The highest BCUT2D eigenvalue weighted by atomic mass is 16.3. The number of aryl methyl sites for hydroxylation is 1. The van der Waals surface area contributed by atoms with E-state index in [9.17, 15) is 24.3 Å². The largest absolute Gasteiger partial charge is 0.507 e. The number of phenols is 1. The number of aromatic hydroxyl groups is 1. The number of piperidine rings is 1. The molecule has 2 amide bonds. The summed E-state index contributed by atoms with van der Waals surface area (Å²) in [4.78, 5) is 50.2. The van der Waals surface area contributed by atoms with E-state index in [0.29, 0.717) is 17.7 Å². The zero-order valence-corrected chi connectivity index (χ0v) is 19.4. The molecule has 0 radical (unpaired) electrons. The van der Waals surface area contributed by atoms with Gasteiger partial charge in [0.15, 0.2) is 11.6 Å². The van der Waals surface area contributed by atoms with Crippen LogP contribution in [0, 0.1) is 6.92 Å². The molecular weight excluding hydrogens is 444 g/mol. The maximum atomic E-state index is 12.9. The van der Waals surface area contributed by atoms with Crippen molar-refractivity contribution >= 4 is 35.1 Å². The summed E-state index contributed by atoms with van der Waals surface area (Å²) in [5.41, 5.74) is 4.01. The summed E-state index contributed by atoms with van der Waals surface area (Å²) in [6.07, 6.45) is 1.14. The Morgan fingerprint density at radius 3 is 2.37 bits per heavy atom. The Morgan fingerprint density at radius 1 is 1.03 bits per heavy atom. The molecule has 0 saturated carbocycles. The lowest BCUT2D eigenvalue weighted by atomic mass is 9.97. The Kier molecular flexibility index (Phi) is 6.59. The molecular formula is C28H24N2O5. The average molecular weight is 469 g/mol. The van der Waals surface area contributed by atoms with E-state index in [2.05, 4.69) is 5.32 Å². The van der Waals surface area contributed by atoms with Crippen molar-refractivity contribution in [3.63, 3.8) is 0 Å². The van der Waals surface area contributed by atoms with Crippen LogP contribution in [0.5, 0.6) is 5.75 Å². The Hall–Kier alpha value is -4.52. The number of carbonyl (C=O) groups excluding carboxylic acids is 4. The first-order chi connectivity index (χ1) is 16.7. The van der Waals surface area contributed by atoms with Crippen molar-refractivity contribution in [1.82, 2.24) is 5.32 Å². The third-order valence-corrected chi connectivity index (χ3v) is 5.91. The number of rotatable bonds is 6. The summed E-state index contributed by atoms with van der Waals surface area (Å²) in [7, 11) is 1.90. The number of hydrogen-bond donors (Lipinski definition) is 2. The van der Waals surface area contributed by atoms with Gasteiger partial charge in [-0.2, -0.15) is 0 Å². The summed E-state index contributed by atoms with van der Waals surface area (Å²) in [6.45, 7) is 2.37. The smallest absolute Gasteiger partial charge is 0.261 e. The van der Waals surface area contributed by atoms with E-state index in [1.165, 1.54) is 6.08 Å². The number of nitrogens with zero attached hydrogens (tertiary/aromatic N) is 1. The monoisotopic (exact) mass is 468 g/mol. The molecule has 1 aliphatic heterocycles. The highest BCUT2D eigenvalue weighted by Gasteiger charge is 2.28. The molecule has 1 heterocycles. The fraction of sp³-hybridized carbons (Fsp3) is 0.143. The second kappa shape index (κ2) is 9.77. The third-order valence-electron chi connectivity index (χ3n) is 5.91. The van der Waals surface area contributed by atoms with Crippen LogP contribution in [0.4, 0.5) is 5.69 Å². The van der Waals surface area contributed by atoms with Gasteiger partial charge in [-0.05, 0) is 54.0 Å². The topological polar surface area (TPSA) is 104 Å². The van der Waals surface area contributed by atoms with E-state index in [4.69, 9.17) is 0 Å². The van der Waals surface area contributed by atoms with Gasteiger partial charge < -0.3 is 10.0 Å². The SMILES string of the molecule is Cc1cc(O)c(C(=O)c2ccccc2)cc1CN(C)c1ccc(/C=C2\C(=O)CC(=O)NC2=O)cc1. The Bertz CT molecular complexity index is 1340. The van der Waals surface area contributed by atoms with Gasteiger partial charge in [-0.1, -0.05) is 42.5 Å². The first kappa shape index (κ1) is 23.6. The molecule has 0 aromatic heterocycles. The number of amides is 2. The lowest BCUT2D eigenvalue weighted by Crippen LogP contribution is -2.40. The van der Waals surface area contributed by atoms with Gasteiger partial charge in [-0.15, -0.1) is 0 Å². The van der Waals surface area contributed by atoms with Gasteiger partial charge in [0.1, 0.15) is 5.75 Å². The standard InChI is InChI=1S/C28H24N2O5/c1-17-12-24(31)22(27(34)19-6-4-3-5-7-19)14-20(17)16-30(2)21-10-8-18(9-11-21)13-23-25(32)15-26(33)29-28(23)35/h3-14,31H,15-16H2,1-2H3,(H,29,33,35)/b23-13+. The van der Waals surface area contributed by atoms with Crippen LogP contribution in [0.15, 0.2) is 72.3 Å². The number of anilines is 1. The molecule has 0 aliphatic carbocycles. The summed E-state index contributed by atoms with van der Waals surface area (Å²) in [6, 6.07) is 19.4. The summed E-state index contributed by atoms with van der Waals surface area (Å²) in [5.74, 6) is -2.07. The van der Waals surface area contributed by atoms with Crippen molar-refractivity contribution in [1.29, 1.82) is 0 Å². The van der Waals surface area contributed by atoms with E-state index in [1.807, 2.05) is 37.1 Å². The summed E-state index contributed by atoms with van der Waals surface area (Å²) >= 11 is 0. The van der Waals surface area contributed by atoms with Crippen molar-refractivity contribution in [2.45, 2.75) is 19.9 Å². The third kappa shape index (κ3) is 5.19. The molecule has 1 aliphatic rings. The zero-order valence-electron chi connectivity index (χ0n) is 19.4. The molecule has 2 N–H and O–H groups in total. The van der Waals surface area contributed by atoms with Crippen molar-refractivity contribution in [3.8, 4) is 5.75 Å². The van der Waals surface area contributed by atoms with Crippen LogP contribution in [0.3, 0.4) is 0 Å². The van der Waals surface area contributed by atoms with Crippen LogP contribution >= 0.6 is 0 Å². The van der Waals surface area contributed by atoms with Gasteiger partial charge in [0, 0.05) is 24.8 Å². The van der Waals surface area contributed by atoms with Crippen molar-refractivity contribution in [2.75, 3.05) is 11.9 Å². The summed E-state index contributed by atoms with van der Waals surface area (Å²) < 4.78 is 0. The molecule has 7 heteroatoms. The minimum Gasteiger partial charge on any atom is -0.507 e. The van der Waals surface area contributed by atoms with Gasteiger partial charge in [-0.25, -0.2) is 0 Å². The van der Waals surface area contributed by atoms with Gasteiger partial charge in [-0.3, -0.25) is 24.5 Å². The number of imide groups is 1. The average Bonchev–Trinajstić information content (AvgIpc) is 2.83. The van der Waals surface area contributed by atoms with Gasteiger partial charge in [0.2, 0.25) is 5.91 Å². The van der Waals surface area contributed by atoms with E-state index >= 15 is 0 Å². The predicted octanol–water partition coefficient (Wildman–Crippen LogP) is 3.57. The molecule has 3 aromatic carbocycles. The van der Waals surface area contributed by atoms with Crippen molar-refractivity contribution in [2.24, 2.45) is 0 Å². The molecule has 35 heavy (non-hydrogen) atoms. The predicted molar refractivity (Wildman–Crippen MR) is 132 cm³/mol. The number of ketones is 2. The maximum absolute atomic E-state index is 12.9. The van der Waals surface area contributed by atoms with Gasteiger partial charge in [0.25, 0.3) is 5.91 Å². The fourth-order valence-electron chi connectivity index (χ4n) is 3.93. The molecule has 0 bridgehead atoms. The van der Waals surface area contributed by atoms with E-state index in [1.54, 1.807) is 48.5 Å². The van der Waals surface area contributed by atoms with Crippen molar-refractivity contribution in [3.05, 3.63) is 100 Å². The van der Waals surface area contributed by atoms with Crippen molar-refractivity contribution < 1.29 is 24.3 Å². The van der Waals surface area contributed by atoms with E-state index in [0.717, 1.165) is 16.8 Å². The van der Waals surface area contributed by atoms with E-state index < -0.39 is 17.6 Å². The number of carbonyl (C=O) groups is 4. The molecule has 7 nitrogen and oxygen atoms in total. The molecule has 1 saturated heterocycles. The maximum Gasteiger partial charge on any atom is 0.261 e. The second-order valence-corrected chi connectivity index (χ2v) is 8.47. The van der Waals surface area contributed by atoms with Crippen LogP contribution in [-0.2, 0) is 20.9 Å². The highest BCUT2D eigenvalue weighted by Crippen LogP contribution is 2.27. The van der Waals surface area contributed by atoms with E-state index in [-0.39, 0.29) is 29.1 Å². The Labute approximate surface area is 202 Å². The Balaban J connectivity index is 1.53. The zero-order chi connectivity index (χ0) is 25.1. The molecule has 0 unspecified atom stereocenters. The summed E-state index contributed by atoms with van der Waals surface area (Å²) in [5, 5.41) is 12.6. The Morgan fingerprint density at radius 2 is 1.71 bits per heavy atom. The molecule has 1 fully saturated rings. The molecule has 4 rings (SSSR count). The molecule has 3 aromatic rings. The van der Waals surface area contributed by atoms with Gasteiger partial charge >= 0.3 is 0 Å². The van der Waals surface area contributed by atoms with Crippen LogP contribution in [0.1, 0.15) is 39.0 Å². The fourth-order valence-corrected chi connectivity index (χ4v) is 3.93. The minimum atomic E-state index is -0.684. The molecule has 0 atom stereocenters. The first-order valence-electron chi connectivity index (χ1n) is 11.1. The van der Waals surface area contributed by atoms with Gasteiger partial charge in [0.05, 0.1) is 17.6 Å². The number of hydrogen-bond acceptors (Lipinski definition) is 6. The number of nitrogens with one attached hydrogen (secondary N) is 1.